The molecule has 1 fully saturated rings. The second-order valence-electron chi connectivity index (χ2n) is 7.22. The molecular weight excluding hydrogens is 509 g/mol. The van der Waals surface area contributed by atoms with Gasteiger partial charge in [0.15, 0.2) is 5.96 Å². The number of halogens is 1. The second-order valence-corrected chi connectivity index (χ2v) is 8.95. The molecule has 2 N–H and O–H groups in total. The van der Waals surface area contributed by atoms with Gasteiger partial charge in [-0.15, -0.1) is 24.0 Å². The van der Waals surface area contributed by atoms with Gasteiger partial charge >= 0.3 is 0 Å². The molecular formula is C22H34IN5OS. The van der Waals surface area contributed by atoms with Crippen LogP contribution in [-0.2, 0) is 11.2 Å². The zero-order valence-corrected chi connectivity index (χ0v) is 21.1. The summed E-state index contributed by atoms with van der Waals surface area (Å²) in [4.78, 5) is 4.91. The van der Waals surface area contributed by atoms with Crippen LogP contribution in [0, 0.1) is 0 Å². The Bertz CT molecular complexity index is 740. The maximum absolute atomic E-state index is 5.57. The Labute approximate surface area is 201 Å². The molecule has 1 aliphatic heterocycles. The van der Waals surface area contributed by atoms with E-state index in [0.717, 1.165) is 69.5 Å². The number of aliphatic imine (C=N–C) groups is 1. The first-order chi connectivity index (χ1) is 14.2. The Kier molecular flexibility index (Phi) is 11.0. The summed E-state index contributed by atoms with van der Waals surface area (Å²) >= 11 is 2.03. The number of hydrogen-bond donors (Lipinski definition) is 2. The second kappa shape index (κ2) is 13.2. The van der Waals surface area contributed by atoms with Gasteiger partial charge in [-0.05, 0) is 55.7 Å². The highest BCUT2D eigenvalue weighted by molar-refractivity contribution is 14.0. The molecule has 1 aromatic carbocycles. The van der Waals surface area contributed by atoms with Crippen molar-refractivity contribution in [1.82, 2.24) is 20.4 Å². The van der Waals surface area contributed by atoms with Gasteiger partial charge in [0.2, 0.25) is 0 Å². The molecule has 2 heterocycles. The van der Waals surface area contributed by atoms with E-state index >= 15 is 0 Å². The first-order valence-electron chi connectivity index (χ1n) is 10.6. The lowest BCUT2D eigenvalue weighted by atomic mass is 9.99. The molecule has 6 nitrogen and oxygen atoms in total. The van der Waals surface area contributed by atoms with Crippen LogP contribution in [0.5, 0.6) is 0 Å². The zero-order chi connectivity index (χ0) is 20.4. The topological polar surface area (TPSA) is 63.5 Å². The molecule has 0 aliphatic carbocycles. The molecule has 0 amide bonds. The number of thioether (sulfide) groups is 1. The van der Waals surface area contributed by atoms with Crippen molar-refractivity contribution in [3.05, 3.63) is 48.3 Å². The van der Waals surface area contributed by atoms with E-state index in [9.17, 15) is 0 Å². The summed E-state index contributed by atoms with van der Waals surface area (Å²) < 4.78 is 7.67. The molecule has 0 atom stereocenters. The van der Waals surface area contributed by atoms with Crippen molar-refractivity contribution >= 4 is 41.7 Å². The van der Waals surface area contributed by atoms with Gasteiger partial charge in [-0.1, -0.05) is 19.1 Å². The number of nitrogens with one attached hydrogen (secondary N) is 2. The molecule has 1 saturated heterocycles. The van der Waals surface area contributed by atoms with Gasteiger partial charge in [-0.2, -0.15) is 16.9 Å². The third kappa shape index (κ3) is 7.46. The van der Waals surface area contributed by atoms with Crippen LogP contribution in [0.1, 0.15) is 32.3 Å². The summed E-state index contributed by atoms with van der Waals surface area (Å²) in [6.07, 6.45) is 6.86. The van der Waals surface area contributed by atoms with E-state index in [1.54, 1.807) is 6.20 Å². The fraction of sp³-hybridized carbons (Fsp3) is 0.545. The highest BCUT2D eigenvalue weighted by Gasteiger charge is 2.32. The number of benzene rings is 1. The van der Waals surface area contributed by atoms with Crippen molar-refractivity contribution in [1.29, 1.82) is 0 Å². The molecule has 1 aliphatic rings. The van der Waals surface area contributed by atoms with Gasteiger partial charge in [0.25, 0.3) is 0 Å². The molecule has 166 valence electrons. The van der Waals surface area contributed by atoms with E-state index in [0.29, 0.717) is 0 Å². The minimum absolute atomic E-state index is 0. The highest BCUT2D eigenvalue weighted by atomic mass is 127. The lowest BCUT2D eigenvalue weighted by molar-refractivity contribution is 0.0793. The molecule has 0 spiro atoms. The third-order valence-electron chi connectivity index (χ3n) is 5.14. The van der Waals surface area contributed by atoms with Crippen molar-refractivity contribution in [2.75, 3.05) is 38.6 Å². The predicted molar refractivity (Wildman–Crippen MR) is 138 cm³/mol. The maximum Gasteiger partial charge on any atom is 0.191 e. The summed E-state index contributed by atoms with van der Waals surface area (Å²) in [5, 5.41) is 11.1. The van der Waals surface area contributed by atoms with Gasteiger partial charge in [-0.3, -0.25) is 4.99 Å². The Balaban J connectivity index is 0.00000320. The predicted octanol–water partition coefficient (Wildman–Crippen LogP) is 3.89. The summed E-state index contributed by atoms with van der Waals surface area (Å²) in [6, 6.07) is 10.5. The lowest BCUT2D eigenvalue weighted by Crippen LogP contribution is -2.41. The number of guanidine groups is 1. The number of nitrogens with zero attached hydrogens (tertiary/aromatic N) is 3. The van der Waals surface area contributed by atoms with Crippen LogP contribution < -0.4 is 10.6 Å². The Morgan fingerprint density at radius 2 is 1.97 bits per heavy atom. The molecule has 3 rings (SSSR count). The highest BCUT2D eigenvalue weighted by Crippen LogP contribution is 2.35. The Hall–Kier alpha value is -1.26. The van der Waals surface area contributed by atoms with Crippen molar-refractivity contribution in [3.8, 4) is 5.69 Å². The van der Waals surface area contributed by atoms with Crippen LogP contribution in [0.2, 0.25) is 0 Å². The average Bonchev–Trinajstić information content (AvgIpc) is 3.28. The van der Waals surface area contributed by atoms with E-state index in [1.807, 2.05) is 28.7 Å². The first-order valence-corrected chi connectivity index (χ1v) is 11.6. The van der Waals surface area contributed by atoms with E-state index < -0.39 is 0 Å². The minimum Gasteiger partial charge on any atom is -0.381 e. The molecule has 1 aromatic heterocycles. The zero-order valence-electron chi connectivity index (χ0n) is 18.0. The molecule has 8 heteroatoms. The molecule has 0 radical (unpaired) electrons. The fourth-order valence-electron chi connectivity index (χ4n) is 3.52. The first kappa shape index (κ1) is 25.0. The SMILES string of the molecule is CCNC(=NCC1(SCC)CCOCC1)NCCc1ccc(-n2cccn2)cc1.I. The molecule has 0 bridgehead atoms. The van der Waals surface area contributed by atoms with Crippen LogP contribution in [0.15, 0.2) is 47.7 Å². The Morgan fingerprint density at radius 3 is 2.60 bits per heavy atom. The third-order valence-corrected chi connectivity index (χ3v) is 6.57. The number of hydrogen-bond acceptors (Lipinski definition) is 4. The minimum atomic E-state index is 0. The number of ether oxygens (including phenoxy) is 1. The average molecular weight is 544 g/mol. The molecule has 2 aromatic rings. The monoisotopic (exact) mass is 543 g/mol. The summed E-state index contributed by atoms with van der Waals surface area (Å²) in [5.41, 5.74) is 2.38. The van der Waals surface area contributed by atoms with Gasteiger partial charge in [0.1, 0.15) is 0 Å². The van der Waals surface area contributed by atoms with E-state index in [-0.39, 0.29) is 28.7 Å². The van der Waals surface area contributed by atoms with Gasteiger partial charge < -0.3 is 15.4 Å². The maximum atomic E-state index is 5.57. The lowest BCUT2D eigenvalue weighted by Gasteiger charge is -2.35. The largest absolute Gasteiger partial charge is 0.381 e. The summed E-state index contributed by atoms with van der Waals surface area (Å²) in [6.45, 7) is 8.58. The van der Waals surface area contributed by atoms with Crippen LogP contribution in [0.3, 0.4) is 0 Å². The van der Waals surface area contributed by atoms with Crippen LogP contribution in [0.25, 0.3) is 5.69 Å². The van der Waals surface area contributed by atoms with Crippen LogP contribution >= 0.6 is 35.7 Å². The molecule has 0 unspecified atom stereocenters. The van der Waals surface area contributed by atoms with Gasteiger partial charge in [0, 0.05) is 43.4 Å². The summed E-state index contributed by atoms with van der Waals surface area (Å²) in [5.74, 6) is 2.02. The quantitative estimate of drug-likeness (QED) is 0.286. The van der Waals surface area contributed by atoms with Crippen molar-refractivity contribution in [2.45, 2.75) is 37.9 Å². The van der Waals surface area contributed by atoms with E-state index in [1.165, 1.54) is 5.56 Å². The van der Waals surface area contributed by atoms with Gasteiger partial charge in [-0.25, -0.2) is 4.68 Å². The van der Waals surface area contributed by atoms with E-state index in [4.69, 9.17) is 9.73 Å². The smallest absolute Gasteiger partial charge is 0.191 e. The Morgan fingerprint density at radius 1 is 1.20 bits per heavy atom. The van der Waals surface area contributed by atoms with Crippen LogP contribution in [-0.4, -0.2) is 59.1 Å². The van der Waals surface area contributed by atoms with Crippen LogP contribution in [0.4, 0.5) is 0 Å². The van der Waals surface area contributed by atoms with Crippen molar-refractivity contribution < 1.29 is 4.74 Å². The van der Waals surface area contributed by atoms with Gasteiger partial charge in [0.05, 0.1) is 12.2 Å². The fourth-order valence-corrected chi connectivity index (χ4v) is 4.75. The standard InChI is InChI=1S/C22H33N5OS.HI/c1-3-23-21(25-18-22(29-4-2)11-16-28-17-12-22)24-14-10-19-6-8-20(9-7-19)27-15-5-13-26-27;/h5-9,13,15H,3-4,10-12,14,16-18H2,1-2H3,(H2,23,24,25);1H. The normalized spacial score (nSPS) is 16.0. The summed E-state index contributed by atoms with van der Waals surface area (Å²) in [7, 11) is 0. The number of rotatable bonds is 9. The molecule has 0 saturated carbocycles. The van der Waals surface area contributed by atoms with Crippen molar-refractivity contribution in [2.24, 2.45) is 4.99 Å². The number of aromatic nitrogens is 2. The molecule has 30 heavy (non-hydrogen) atoms. The van der Waals surface area contributed by atoms with E-state index in [2.05, 4.69) is 53.8 Å². The van der Waals surface area contributed by atoms with Crippen molar-refractivity contribution in [3.63, 3.8) is 0 Å².